The lowest BCUT2D eigenvalue weighted by atomic mass is 9.94. The summed E-state index contributed by atoms with van der Waals surface area (Å²) in [6.45, 7) is 5.97. The zero-order valence-electron chi connectivity index (χ0n) is 8.63. The Morgan fingerprint density at radius 1 is 1.54 bits per heavy atom. The second-order valence-electron chi connectivity index (χ2n) is 4.37. The molecule has 1 amide bonds. The molecule has 0 unspecified atom stereocenters. The zero-order valence-corrected chi connectivity index (χ0v) is 8.63. The molecule has 0 atom stereocenters. The van der Waals surface area contributed by atoms with Crippen molar-refractivity contribution in [3.63, 3.8) is 0 Å². The third kappa shape index (κ3) is 2.00. The molecule has 0 aromatic carbocycles. The zero-order chi connectivity index (χ0) is 10.3. The maximum absolute atomic E-state index is 11.7. The molecule has 76 valence electrons. The second-order valence-corrected chi connectivity index (χ2v) is 4.37. The first-order valence-electron chi connectivity index (χ1n) is 4.35. The molecule has 0 radical (unpaired) electrons. The largest absolute Gasteiger partial charge is 0.386 e. The Hall–Kier alpha value is -0.610. The predicted octanol–water partition coefficient (Wildman–Crippen LogP) is 0.00460. The molecule has 0 aromatic rings. The number of ether oxygens (including phenoxy) is 1. The molecule has 1 aliphatic heterocycles. The van der Waals surface area contributed by atoms with Crippen LogP contribution in [0.5, 0.6) is 0 Å². The highest BCUT2D eigenvalue weighted by molar-refractivity contribution is 5.85. The van der Waals surface area contributed by atoms with Gasteiger partial charge in [-0.3, -0.25) is 4.79 Å². The van der Waals surface area contributed by atoms with E-state index in [0.717, 1.165) is 0 Å². The lowest BCUT2D eigenvalue weighted by Gasteiger charge is -2.46. The molecule has 13 heavy (non-hydrogen) atoms. The number of methoxy groups -OCH3 is 1. The van der Waals surface area contributed by atoms with E-state index in [0.29, 0.717) is 13.1 Å². The minimum absolute atomic E-state index is 0.0680. The van der Waals surface area contributed by atoms with Crippen LogP contribution in [0.3, 0.4) is 0 Å². The summed E-state index contributed by atoms with van der Waals surface area (Å²) in [4.78, 5) is 13.3. The number of hydrogen-bond acceptors (Lipinski definition) is 3. The quantitative estimate of drug-likeness (QED) is 0.662. The minimum Gasteiger partial charge on any atom is -0.386 e. The number of aliphatic hydroxyl groups is 1. The van der Waals surface area contributed by atoms with Gasteiger partial charge in [-0.1, -0.05) is 0 Å². The van der Waals surface area contributed by atoms with E-state index in [1.165, 1.54) is 7.11 Å². The number of nitrogens with zero attached hydrogens (tertiary/aromatic N) is 1. The highest BCUT2D eigenvalue weighted by Crippen LogP contribution is 2.24. The van der Waals surface area contributed by atoms with Crippen molar-refractivity contribution in [2.45, 2.75) is 32.0 Å². The lowest BCUT2D eigenvalue weighted by Crippen LogP contribution is -2.65. The summed E-state index contributed by atoms with van der Waals surface area (Å²) in [5, 5.41) is 9.44. The van der Waals surface area contributed by atoms with Crippen LogP contribution in [0.2, 0.25) is 0 Å². The summed E-state index contributed by atoms with van der Waals surface area (Å²) < 4.78 is 5.05. The van der Waals surface area contributed by atoms with Crippen molar-refractivity contribution in [3.05, 3.63) is 0 Å². The van der Waals surface area contributed by atoms with Crippen LogP contribution in [-0.2, 0) is 9.53 Å². The molecule has 1 fully saturated rings. The maximum Gasteiger partial charge on any atom is 0.254 e. The summed E-state index contributed by atoms with van der Waals surface area (Å²) in [5.41, 5.74) is -1.49. The summed E-state index contributed by atoms with van der Waals surface area (Å²) in [6.07, 6.45) is 0. The first kappa shape index (κ1) is 10.5. The maximum atomic E-state index is 11.7. The van der Waals surface area contributed by atoms with Crippen LogP contribution < -0.4 is 0 Å². The highest BCUT2D eigenvalue weighted by Gasteiger charge is 2.44. The van der Waals surface area contributed by atoms with Crippen LogP contribution in [0.1, 0.15) is 20.8 Å². The van der Waals surface area contributed by atoms with Crippen molar-refractivity contribution < 1.29 is 14.6 Å². The molecule has 4 nitrogen and oxygen atoms in total. The molecule has 4 heteroatoms. The summed E-state index contributed by atoms with van der Waals surface area (Å²) in [5.74, 6) is -0.0680. The number of β-amino-alcohol motifs (C(OH)–C–C–N with tert-alkyl or cyclic N) is 1. The average molecular weight is 187 g/mol. The lowest BCUT2D eigenvalue weighted by molar-refractivity contribution is -0.170. The van der Waals surface area contributed by atoms with Gasteiger partial charge in [-0.2, -0.15) is 0 Å². The first-order valence-corrected chi connectivity index (χ1v) is 4.35. The number of amides is 1. The molecule has 1 rings (SSSR count). The van der Waals surface area contributed by atoms with E-state index < -0.39 is 11.2 Å². The van der Waals surface area contributed by atoms with Crippen LogP contribution >= 0.6 is 0 Å². The van der Waals surface area contributed by atoms with Gasteiger partial charge in [0.25, 0.3) is 5.91 Å². The van der Waals surface area contributed by atoms with Gasteiger partial charge in [-0.25, -0.2) is 0 Å². The predicted molar refractivity (Wildman–Crippen MR) is 48.3 cm³/mol. The Kier molecular flexibility index (Phi) is 2.38. The van der Waals surface area contributed by atoms with Gasteiger partial charge in [0.15, 0.2) is 0 Å². The summed E-state index contributed by atoms with van der Waals surface area (Å²) in [7, 11) is 1.51. The van der Waals surface area contributed by atoms with Gasteiger partial charge in [-0.05, 0) is 20.8 Å². The Labute approximate surface area is 78.5 Å². The third-order valence-electron chi connectivity index (χ3n) is 2.38. The third-order valence-corrected chi connectivity index (χ3v) is 2.38. The van der Waals surface area contributed by atoms with Gasteiger partial charge in [-0.15, -0.1) is 0 Å². The molecular formula is C9H17NO3. The number of likely N-dealkylation sites (tertiary alicyclic amines) is 1. The van der Waals surface area contributed by atoms with Gasteiger partial charge < -0.3 is 14.7 Å². The van der Waals surface area contributed by atoms with Crippen molar-refractivity contribution in [2.24, 2.45) is 0 Å². The fourth-order valence-electron chi connectivity index (χ4n) is 1.39. The highest BCUT2D eigenvalue weighted by atomic mass is 16.5. The molecule has 0 saturated carbocycles. The van der Waals surface area contributed by atoms with Gasteiger partial charge in [0.05, 0.1) is 18.7 Å². The van der Waals surface area contributed by atoms with Crippen LogP contribution in [0, 0.1) is 0 Å². The second kappa shape index (κ2) is 2.96. The van der Waals surface area contributed by atoms with Crippen molar-refractivity contribution >= 4 is 5.91 Å². The molecule has 0 aliphatic carbocycles. The van der Waals surface area contributed by atoms with Gasteiger partial charge in [0.2, 0.25) is 0 Å². The van der Waals surface area contributed by atoms with Gasteiger partial charge >= 0.3 is 0 Å². The SMILES string of the molecule is COC(C)(C)C(=O)N1CC(C)(O)C1. The number of carbonyl (C=O) groups excluding carboxylic acids is 1. The van der Waals surface area contributed by atoms with Crippen LogP contribution in [0.25, 0.3) is 0 Å². The fraction of sp³-hybridized carbons (Fsp3) is 0.889. The Bertz CT molecular complexity index is 215. The molecular weight excluding hydrogens is 170 g/mol. The van der Waals surface area contributed by atoms with E-state index in [9.17, 15) is 9.90 Å². The molecule has 1 N–H and O–H groups in total. The molecule has 1 aliphatic rings. The standard InChI is InChI=1S/C9H17NO3/c1-8(2,13-4)7(11)10-5-9(3,12)6-10/h12H,5-6H2,1-4H3. The van der Waals surface area contributed by atoms with Crippen molar-refractivity contribution in [1.82, 2.24) is 4.90 Å². The smallest absolute Gasteiger partial charge is 0.254 e. The Balaban J connectivity index is 2.53. The fourth-order valence-corrected chi connectivity index (χ4v) is 1.39. The van der Waals surface area contributed by atoms with Gasteiger partial charge in [0, 0.05) is 7.11 Å². The van der Waals surface area contributed by atoms with Crippen LogP contribution in [0.15, 0.2) is 0 Å². The molecule has 1 saturated heterocycles. The topological polar surface area (TPSA) is 49.8 Å². The van der Waals surface area contributed by atoms with E-state index >= 15 is 0 Å². The van der Waals surface area contributed by atoms with E-state index in [1.54, 1.807) is 25.7 Å². The van der Waals surface area contributed by atoms with E-state index in [2.05, 4.69) is 0 Å². The average Bonchev–Trinajstić information content (AvgIpc) is 1.98. The van der Waals surface area contributed by atoms with E-state index in [-0.39, 0.29) is 5.91 Å². The van der Waals surface area contributed by atoms with Crippen molar-refractivity contribution in [2.75, 3.05) is 20.2 Å². The normalized spacial score (nSPS) is 21.2. The molecule has 0 bridgehead atoms. The van der Waals surface area contributed by atoms with Crippen LogP contribution in [-0.4, -0.2) is 47.3 Å². The number of rotatable bonds is 2. The first-order chi connectivity index (χ1) is 5.78. The Morgan fingerprint density at radius 3 is 2.31 bits per heavy atom. The van der Waals surface area contributed by atoms with E-state index in [4.69, 9.17) is 4.74 Å². The molecule has 1 heterocycles. The van der Waals surface area contributed by atoms with Crippen LogP contribution in [0.4, 0.5) is 0 Å². The van der Waals surface area contributed by atoms with E-state index in [1.807, 2.05) is 0 Å². The minimum atomic E-state index is -0.781. The molecule has 0 aromatic heterocycles. The van der Waals surface area contributed by atoms with Gasteiger partial charge in [0.1, 0.15) is 5.60 Å². The number of carbonyl (C=O) groups is 1. The monoisotopic (exact) mass is 187 g/mol. The summed E-state index contributed by atoms with van der Waals surface area (Å²) >= 11 is 0. The number of hydrogen-bond donors (Lipinski definition) is 1. The summed E-state index contributed by atoms with van der Waals surface area (Å²) in [6, 6.07) is 0. The molecule has 0 spiro atoms. The Morgan fingerprint density at radius 2 is 2.00 bits per heavy atom. The van der Waals surface area contributed by atoms with Crippen molar-refractivity contribution in [1.29, 1.82) is 0 Å². The van der Waals surface area contributed by atoms with Crippen molar-refractivity contribution in [3.8, 4) is 0 Å².